The van der Waals surface area contributed by atoms with Gasteiger partial charge < -0.3 is 21.3 Å². The molecular weight excluding hydrogens is 446 g/mol. The Morgan fingerprint density at radius 1 is 0.912 bits per heavy atom. The molecule has 0 fully saturated rings. The molecule has 0 aliphatic carbocycles. The van der Waals surface area contributed by atoms with Crippen molar-refractivity contribution in [2.75, 3.05) is 32.1 Å². The van der Waals surface area contributed by atoms with E-state index in [1.807, 2.05) is 18.2 Å². The number of hydrogen-bond donors (Lipinski definition) is 2. The number of rotatable bonds is 8. The van der Waals surface area contributed by atoms with Crippen LogP contribution in [-0.4, -0.2) is 48.0 Å². The average molecular weight is 474 g/mol. The number of aromatic nitrogens is 2. The number of aliphatic imine (C=N–C) groups is 1. The molecule has 0 unspecified atom stereocenters. The molecule has 0 aliphatic rings. The van der Waals surface area contributed by atoms with Crippen molar-refractivity contribution in [3.05, 3.63) is 83.4 Å². The molecule has 4 N–H and O–H groups in total. The number of hydrogen-bond acceptors (Lipinski definition) is 5. The van der Waals surface area contributed by atoms with E-state index in [1.165, 1.54) is 5.56 Å². The molecule has 0 saturated heterocycles. The van der Waals surface area contributed by atoms with E-state index in [0.717, 1.165) is 47.5 Å². The van der Waals surface area contributed by atoms with Crippen molar-refractivity contribution in [2.45, 2.75) is 6.54 Å². The lowest BCUT2D eigenvalue weighted by molar-refractivity contribution is 0.412. The van der Waals surface area contributed by atoms with Crippen LogP contribution < -0.4 is 16.4 Å². The summed E-state index contributed by atoms with van der Waals surface area (Å²) in [5, 5.41) is 1.45. The summed E-state index contributed by atoms with van der Waals surface area (Å²) in [4.78, 5) is 17.7. The second-order valence-electron chi connectivity index (χ2n) is 8.33. The molecule has 8 heteroatoms. The second-order valence-corrected chi connectivity index (χ2v) is 8.76. The number of benzene rings is 3. The van der Waals surface area contributed by atoms with Crippen molar-refractivity contribution < 1.29 is 0 Å². The van der Waals surface area contributed by atoms with Gasteiger partial charge in [-0.3, -0.25) is 0 Å². The van der Waals surface area contributed by atoms with Crippen molar-refractivity contribution in [2.24, 2.45) is 16.5 Å². The zero-order valence-electron chi connectivity index (χ0n) is 19.3. The molecule has 0 atom stereocenters. The largest absolute Gasteiger partial charge is 0.370 e. The fourth-order valence-corrected chi connectivity index (χ4v) is 3.90. The monoisotopic (exact) mass is 473 g/mol. The number of likely N-dealkylation sites (N-methyl/N-ethyl adjacent to an activating group) is 1. The van der Waals surface area contributed by atoms with E-state index in [0.29, 0.717) is 5.02 Å². The van der Waals surface area contributed by atoms with Crippen LogP contribution in [0, 0.1) is 0 Å². The second kappa shape index (κ2) is 10.5. The predicted octanol–water partition coefficient (Wildman–Crippen LogP) is 4.42. The third kappa shape index (κ3) is 5.81. The van der Waals surface area contributed by atoms with E-state index < -0.39 is 0 Å². The topological polar surface area (TPSA) is 96.7 Å². The van der Waals surface area contributed by atoms with Gasteiger partial charge in [0.1, 0.15) is 0 Å². The highest BCUT2D eigenvalue weighted by Gasteiger charge is 2.13. The number of guanidine groups is 1. The minimum absolute atomic E-state index is 0.0907. The highest BCUT2D eigenvalue weighted by molar-refractivity contribution is 6.31. The first-order valence-corrected chi connectivity index (χ1v) is 11.4. The van der Waals surface area contributed by atoms with E-state index in [9.17, 15) is 0 Å². The van der Waals surface area contributed by atoms with Gasteiger partial charge >= 0.3 is 0 Å². The summed E-state index contributed by atoms with van der Waals surface area (Å²) in [6.45, 7) is 2.68. The van der Waals surface area contributed by atoms with Crippen LogP contribution in [-0.2, 0) is 6.54 Å². The molecule has 0 amide bonds. The molecule has 1 aromatic heterocycles. The van der Waals surface area contributed by atoms with Gasteiger partial charge in [0, 0.05) is 41.3 Å². The van der Waals surface area contributed by atoms with Gasteiger partial charge in [-0.25, -0.2) is 9.97 Å². The first-order valence-electron chi connectivity index (χ1n) is 11.0. The van der Waals surface area contributed by atoms with Gasteiger partial charge in [-0.05, 0) is 50.0 Å². The molecule has 0 saturated carbocycles. The quantitative estimate of drug-likeness (QED) is 0.290. The maximum absolute atomic E-state index is 6.27. The Balaban J connectivity index is 1.71. The van der Waals surface area contributed by atoms with Gasteiger partial charge in [-0.2, -0.15) is 4.99 Å². The Labute approximate surface area is 204 Å². The summed E-state index contributed by atoms with van der Waals surface area (Å²) < 4.78 is 0. The maximum atomic E-state index is 6.27. The first kappa shape index (κ1) is 23.5. The van der Waals surface area contributed by atoms with Crippen LogP contribution in [0.1, 0.15) is 5.56 Å². The molecule has 4 rings (SSSR count). The van der Waals surface area contributed by atoms with E-state index in [4.69, 9.17) is 23.1 Å². The van der Waals surface area contributed by atoms with Crippen LogP contribution in [0.5, 0.6) is 0 Å². The fourth-order valence-electron chi connectivity index (χ4n) is 3.73. The Hall–Kier alpha value is -3.68. The molecule has 0 spiro atoms. The molecule has 1 heterocycles. The third-order valence-corrected chi connectivity index (χ3v) is 5.65. The molecular formula is C26H28ClN7. The SMILES string of the molecule is CN(C)CCN(Cc1ccccc1)c1ccc(-c2nc(N=C(N)N)nc3ccc(Cl)cc23)cc1. The van der Waals surface area contributed by atoms with Crippen molar-refractivity contribution in [3.63, 3.8) is 0 Å². The van der Waals surface area contributed by atoms with E-state index >= 15 is 0 Å². The van der Waals surface area contributed by atoms with Crippen LogP contribution in [0.3, 0.4) is 0 Å². The fraction of sp³-hybridized carbons (Fsp3) is 0.192. The maximum Gasteiger partial charge on any atom is 0.253 e. The van der Waals surface area contributed by atoms with Gasteiger partial charge in [0.05, 0.1) is 11.2 Å². The van der Waals surface area contributed by atoms with Crippen LogP contribution in [0.15, 0.2) is 77.8 Å². The Bertz CT molecular complexity index is 1280. The van der Waals surface area contributed by atoms with Gasteiger partial charge in [-0.15, -0.1) is 0 Å². The summed E-state index contributed by atoms with van der Waals surface area (Å²) in [5.74, 6) is 0.123. The zero-order valence-corrected chi connectivity index (χ0v) is 20.1. The third-order valence-electron chi connectivity index (χ3n) is 5.41. The minimum Gasteiger partial charge on any atom is -0.370 e. The normalized spacial score (nSPS) is 11.1. The standard InChI is InChI=1S/C26H28ClN7/c1-33(2)14-15-34(17-18-6-4-3-5-7-18)21-11-8-19(9-12-21)24-22-16-20(27)10-13-23(22)30-26(31-24)32-25(28)29/h3-13,16H,14-15,17H2,1-2H3,(H4,28,29,30,31,32). The molecule has 0 radical (unpaired) electrons. The lowest BCUT2D eigenvalue weighted by Gasteiger charge is -2.27. The smallest absolute Gasteiger partial charge is 0.253 e. The van der Waals surface area contributed by atoms with Crippen molar-refractivity contribution >= 4 is 40.1 Å². The van der Waals surface area contributed by atoms with E-state index in [-0.39, 0.29) is 11.9 Å². The number of nitrogens with zero attached hydrogens (tertiary/aromatic N) is 5. The van der Waals surface area contributed by atoms with Crippen LogP contribution in [0.4, 0.5) is 11.6 Å². The molecule has 0 bridgehead atoms. The van der Waals surface area contributed by atoms with Crippen LogP contribution >= 0.6 is 11.6 Å². The molecule has 7 nitrogen and oxygen atoms in total. The number of halogens is 1. The summed E-state index contributed by atoms with van der Waals surface area (Å²) in [7, 11) is 4.17. The Morgan fingerprint density at radius 3 is 2.32 bits per heavy atom. The molecule has 0 aliphatic heterocycles. The van der Waals surface area contributed by atoms with Crippen molar-refractivity contribution in [3.8, 4) is 11.3 Å². The van der Waals surface area contributed by atoms with Gasteiger partial charge in [0.2, 0.25) is 0 Å². The first-order chi connectivity index (χ1) is 16.4. The summed E-state index contributed by atoms with van der Waals surface area (Å²) in [6, 6.07) is 24.3. The van der Waals surface area contributed by atoms with Crippen molar-refractivity contribution in [1.82, 2.24) is 14.9 Å². The number of fused-ring (bicyclic) bond motifs is 1. The van der Waals surface area contributed by atoms with Gasteiger partial charge in [0.15, 0.2) is 5.96 Å². The molecule has 3 aromatic carbocycles. The summed E-state index contributed by atoms with van der Waals surface area (Å²) >= 11 is 6.27. The number of nitrogens with two attached hydrogens (primary N) is 2. The van der Waals surface area contributed by atoms with Gasteiger partial charge in [0.25, 0.3) is 5.95 Å². The highest BCUT2D eigenvalue weighted by Crippen LogP contribution is 2.31. The minimum atomic E-state index is -0.0907. The van der Waals surface area contributed by atoms with Gasteiger partial charge in [-0.1, -0.05) is 54.1 Å². The predicted molar refractivity (Wildman–Crippen MR) is 141 cm³/mol. The van der Waals surface area contributed by atoms with Crippen LogP contribution in [0.25, 0.3) is 22.2 Å². The number of anilines is 1. The zero-order chi connectivity index (χ0) is 24.1. The summed E-state index contributed by atoms with van der Waals surface area (Å²) in [6.07, 6.45) is 0. The Kier molecular flexibility index (Phi) is 7.25. The highest BCUT2D eigenvalue weighted by atomic mass is 35.5. The lowest BCUT2D eigenvalue weighted by atomic mass is 10.1. The Morgan fingerprint density at radius 2 is 1.65 bits per heavy atom. The van der Waals surface area contributed by atoms with Crippen molar-refractivity contribution in [1.29, 1.82) is 0 Å². The van der Waals surface area contributed by atoms with E-state index in [2.05, 4.69) is 87.4 Å². The average Bonchev–Trinajstić information content (AvgIpc) is 2.82. The molecule has 34 heavy (non-hydrogen) atoms. The van der Waals surface area contributed by atoms with Crippen LogP contribution in [0.2, 0.25) is 5.02 Å². The lowest BCUT2D eigenvalue weighted by Crippen LogP contribution is -2.31. The molecule has 4 aromatic rings. The van der Waals surface area contributed by atoms with E-state index in [1.54, 1.807) is 6.07 Å². The molecule has 174 valence electrons. The summed E-state index contributed by atoms with van der Waals surface area (Å²) in [5.41, 5.74) is 15.9.